The summed E-state index contributed by atoms with van der Waals surface area (Å²) in [5.74, 6) is -0.661. The monoisotopic (exact) mass is 577 g/mol. The lowest BCUT2D eigenvalue weighted by Crippen LogP contribution is -2.54. The lowest BCUT2D eigenvalue weighted by molar-refractivity contribution is -0.139. The van der Waals surface area contributed by atoms with E-state index in [0.717, 1.165) is 28.7 Å². The van der Waals surface area contributed by atoms with E-state index in [0.29, 0.717) is 18.5 Å². The molecule has 2 amide bonds. The molecule has 3 aromatic rings. The highest BCUT2D eigenvalue weighted by atomic mass is 32.2. The fourth-order valence-electron chi connectivity index (χ4n) is 4.68. The predicted molar refractivity (Wildman–Crippen MR) is 165 cm³/mol. The third-order valence-corrected chi connectivity index (χ3v) is 9.17. The molecule has 3 rings (SSSR count). The molecule has 0 spiro atoms. The number of nitrogens with zero attached hydrogens (tertiary/aromatic N) is 2. The molecule has 0 aromatic heterocycles. The van der Waals surface area contributed by atoms with Crippen molar-refractivity contribution in [3.63, 3.8) is 0 Å². The minimum Gasteiger partial charge on any atom is -0.352 e. The number of carbonyl (C=O) groups excluding carboxylic acids is 2. The second-order valence-corrected chi connectivity index (χ2v) is 12.5. The topological polar surface area (TPSA) is 86.8 Å². The summed E-state index contributed by atoms with van der Waals surface area (Å²) in [6.45, 7) is 11.2. The van der Waals surface area contributed by atoms with Crippen LogP contribution in [0, 0.1) is 20.8 Å². The summed E-state index contributed by atoms with van der Waals surface area (Å²) in [5, 5.41) is 3.01. The molecule has 0 heterocycles. The average molecular weight is 578 g/mol. The molecule has 2 atom stereocenters. The van der Waals surface area contributed by atoms with Gasteiger partial charge in [-0.05, 0) is 81.8 Å². The summed E-state index contributed by atoms with van der Waals surface area (Å²) in [7, 11) is -4.10. The molecule has 7 nitrogen and oxygen atoms in total. The van der Waals surface area contributed by atoms with Crippen LogP contribution in [0.3, 0.4) is 0 Å². The van der Waals surface area contributed by atoms with Crippen molar-refractivity contribution in [1.29, 1.82) is 0 Å². The molecule has 0 saturated heterocycles. The summed E-state index contributed by atoms with van der Waals surface area (Å²) in [5.41, 5.74) is 4.02. The Bertz CT molecular complexity index is 1420. The van der Waals surface area contributed by atoms with E-state index in [-0.39, 0.29) is 23.4 Å². The van der Waals surface area contributed by atoms with Crippen molar-refractivity contribution >= 4 is 27.5 Å². The molecule has 0 aliphatic heterocycles. The Balaban J connectivity index is 2.05. The summed E-state index contributed by atoms with van der Waals surface area (Å²) < 4.78 is 29.3. The SMILES string of the molecule is CC[C@H](C(=O)N[C@@H](C)CC)N(CCc1ccccc1)C(=O)CN(c1cc(C)ccc1C)S(=O)(=O)c1ccc(C)cc1. The van der Waals surface area contributed by atoms with Crippen molar-refractivity contribution in [2.75, 3.05) is 17.4 Å². The Morgan fingerprint density at radius 1 is 0.854 bits per heavy atom. The lowest BCUT2D eigenvalue weighted by Gasteiger charge is -2.34. The van der Waals surface area contributed by atoms with Crippen LogP contribution < -0.4 is 9.62 Å². The van der Waals surface area contributed by atoms with Gasteiger partial charge in [0.1, 0.15) is 12.6 Å². The van der Waals surface area contributed by atoms with Crippen molar-refractivity contribution < 1.29 is 18.0 Å². The maximum absolute atomic E-state index is 14.2. The predicted octanol–water partition coefficient (Wildman–Crippen LogP) is 5.57. The number of benzene rings is 3. The zero-order valence-electron chi connectivity index (χ0n) is 25.1. The van der Waals surface area contributed by atoms with E-state index in [9.17, 15) is 18.0 Å². The van der Waals surface area contributed by atoms with Crippen LogP contribution >= 0.6 is 0 Å². The fourth-order valence-corrected chi connectivity index (χ4v) is 6.15. The number of hydrogen-bond acceptors (Lipinski definition) is 4. The Hall–Kier alpha value is -3.65. The number of rotatable bonds is 13. The maximum Gasteiger partial charge on any atom is 0.264 e. The Kier molecular flexibility index (Phi) is 11.1. The van der Waals surface area contributed by atoms with Gasteiger partial charge < -0.3 is 10.2 Å². The van der Waals surface area contributed by atoms with E-state index in [1.54, 1.807) is 35.2 Å². The van der Waals surface area contributed by atoms with E-state index < -0.39 is 28.5 Å². The zero-order valence-corrected chi connectivity index (χ0v) is 25.9. The van der Waals surface area contributed by atoms with Crippen molar-refractivity contribution in [3.05, 3.63) is 95.1 Å². The van der Waals surface area contributed by atoms with E-state index >= 15 is 0 Å². The smallest absolute Gasteiger partial charge is 0.264 e. The summed E-state index contributed by atoms with van der Waals surface area (Å²) in [6.07, 6.45) is 1.69. The van der Waals surface area contributed by atoms with E-state index in [2.05, 4.69) is 5.32 Å². The number of hydrogen-bond donors (Lipinski definition) is 1. The molecule has 0 unspecified atom stereocenters. The summed E-state index contributed by atoms with van der Waals surface area (Å²) in [4.78, 5) is 29.2. The highest BCUT2D eigenvalue weighted by Crippen LogP contribution is 2.28. The van der Waals surface area contributed by atoms with Crippen LogP contribution in [0.4, 0.5) is 5.69 Å². The minimum absolute atomic E-state index is 0.0454. The van der Waals surface area contributed by atoms with Crippen LogP contribution in [-0.4, -0.2) is 50.3 Å². The number of aryl methyl sites for hydroxylation is 3. The maximum atomic E-state index is 14.2. The zero-order chi connectivity index (χ0) is 30.2. The third-order valence-electron chi connectivity index (χ3n) is 7.39. The van der Waals surface area contributed by atoms with Gasteiger partial charge in [-0.3, -0.25) is 13.9 Å². The molecular formula is C33H43N3O4S. The van der Waals surface area contributed by atoms with Crippen LogP contribution in [0.5, 0.6) is 0 Å². The van der Waals surface area contributed by atoms with Crippen LogP contribution in [0.15, 0.2) is 77.7 Å². The first-order valence-corrected chi connectivity index (χ1v) is 15.7. The molecule has 0 saturated carbocycles. The molecular weight excluding hydrogens is 534 g/mol. The van der Waals surface area contributed by atoms with Crippen molar-refractivity contribution in [3.8, 4) is 0 Å². The van der Waals surface area contributed by atoms with Gasteiger partial charge >= 0.3 is 0 Å². The second kappa shape index (κ2) is 14.3. The van der Waals surface area contributed by atoms with Crippen LogP contribution in [0.1, 0.15) is 55.9 Å². The first-order chi connectivity index (χ1) is 19.5. The van der Waals surface area contributed by atoms with E-state index in [1.165, 1.54) is 4.31 Å². The van der Waals surface area contributed by atoms with Gasteiger partial charge in [-0.15, -0.1) is 0 Å². The second-order valence-electron chi connectivity index (χ2n) is 10.7. The number of nitrogens with one attached hydrogen (secondary N) is 1. The molecule has 0 aliphatic carbocycles. The molecule has 41 heavy (non-hydrogen) atoms. The lowest BCUT2D eigenvalue weighted by atomic mass is 10.1. The molecule has 8 heteroatoms. The van der Waals surface area contributed by atoms with Gasteiger partial charge in [0.05, 0.1) is 10.6 Å². The highest BCUT2D eigenvalue weighted by molar-refractivity contribution is 7.92. The molecule has 0 radical (unpaired) electrons. The third kappa shape index (κ3) is 8.19. The minimum atomic E-state index is -4.10. The normalized spacial score (nSPS) is 12.8. The highest BCUT2D eigenvalue weighted by Gasteiger charge is 2.34. The summed E-state index contributed by atoms with van der Waals surface area (Å²) >= 11 is 0. The molecule has 220 valence electrons. The van der Waals surface area contributed by atoms with Gasteiger partial charge in [-0.2, -0.15) is 0 Å². The standard InChI is InChI=1S/C33H43N3O4S/c1-7-27(6)34-33(38)30(8-2)35(21-20-28-12-10-9-11-13-28)32(37)23-36(31-22-25(4)14-17-26(31)5)41(39,40)29-18-15-24(3)16-19-29/h9-19,22,27,30H,7-8,20-21,23H2,1-6H3,(H,34,38)/t27-,30+/m0/s1. The van der Waals surface area contributed by atoms with Crippen LogP contribution in [0.25, 0.3) is 0 Å². The molecule has 1 N–H and O–H groups in total. The van der Waals surface area contributed by atoms with Gasteiger partial charge in [0.25, 0.3) is 10.0 Å². The van der Waals surface area contributed by atoms with Crippen molar-refractivity contribution in [1.82, 2.24) is 10.2 Å². The quantitative estimate of drug-likeness (QED) is 0.288. The number of carbonyl (C=O) groups is 2. The number of amides is 2. The number of sulfonamides is 1. The van der Waals surface area contributed by atoms with Crippen LogP contribution in [0.2, 0.25) is 0 Å². The first-order valence-electron chi connectivity index (χ1n) is 14.3. The number of anilines is 1. The average Bonchev–Trinajstić information content (AvgIpc) is 2.95. The largest absolute Gasteiger partial charge is 0.352 e. The van der Waals surface area contributed by atoms with Gasteiger partial charge in [-0.25, -0.2) is 8.42 Å². The Morgan fingerprint density at radius 2 is 1.49 bits per heavy atom. The van der Waals surface area contributed by atoms with Crippen molar-refractivity contribution in [2.45, 2.75) is 77.8 Å². The molecule has 0 fully saturated rings. The fraction of sp³-hybridized carbons (Fsp3) is 0.394. The Labute approximate surface area is 245 Å². The van der Waals surface area contributed by atoms with Crippen molar-refractivity contribution in [2.24, 2.45) is 0 Å². The Morgan fingerprint density at radius 3 is 2.10 bits per heavy atom. The first kappa shape index (κ1) is 31.9. The van der Waals surface area contributed by atoms with Gasteiger partial charge in [-0.1, -0.05) is 74.0 Å². The molecule has 0 bridgehead atoms. The van der Waals surface area contributed by atoms with E-state index in [4.69, 9.17) is 0 Å². The van der Waals surface area contributed by atoms with Gasteiger partial charge in [0.2, 0.25) is 11.8 Å². The molecule has 0 aliphatic rings. The molecule has 3 aromatic carbocycles. The van der Waals surface area contributed by atoms with Gasteiger partial charge in [0, 0.05) is 12.6 Å². The summed E-state index contributed by atoms with van der Waals surface area (Å²) in [6, 6.07) is 21.2. The van der Waals surface area contributed by atoms with Crippen LogP contribution in [-0.2, 0) is 26.0 Å². The van der Waals surface area contributed by atoms with Gasteiger partial charge in [0.15, 0.2) is 0 Å². The van der Waals surface area contributed by atoms with E-state index in [1.807, 2.05) is 84.0 Å².